The van der Waals surface area contributed by atoms with Gasteiger partial charge in [0.1, 0.15) is 0 Å². The number of methoxy groups -OCH3 is 1. The number of amides is 2. The van der Waals surface area contributed by atoms with E-state index in [-0.39, 0.29) is 5.69 Å². The Morgan fingerprint density at radius 2 is 2.00 bits per heavy atom. The molecule has 0 spiro atoms. The van der Waals surface area contributed by atoms with Gasteiger partial charge in [0.15, 0.2) is 0 Å². The predicted molar refractivity (Wildman–Crippen MR) is 95.9 cm³/mol. The molecule has 0 fully saturated rings. The van der Waals surface area contributed by atoms with Gasteiger partial charge in [-0.25, -0.2) is 9.59 Å². The third kappa shape index (κ3) is 3.04. The molecule has 1 aromatic heterocycles. The number of hydrogen-bond acceptors (Lipinski definition) is 6. The number of urea groups is 1. The van der Waals surface area contributed by atoms with Gasteiger partial charge in [-0.3, -0.25) is 15.0 Å². The molecule has 1 N–H and O–H groups in total. The highest BCUT2D eigenvalue weighted by Gasteiger charge is 2.37. The van der Waals surface area contributed by atoms with Crippen LogP contribution in [0.3, 0.4) is 0 Å². The van der Waals surface area contributed by atoms with E-state index < -0.39 is 23.0 Å². The fraction of sp³-hybridized carbons (Fsp3) is 0.176. The fourth-order valence-electron chi connectivity index (χ4n) is 2.84. The molecule has 1 aliphatic heterocycles. The average molecular weight is 373 g/mol. The van der Waals surface area contributed by atoms with Gasteiger partial charge >= 0.3 is 12.0 Å². The van der Waals surface area contributed by atoms with Crippen molar-refractivity contribution in [1.29, 1.82) is 0 Å². The molecule has 1 aliphatic rings. The number of nitro groups is 1. The Labute approximate surface area is 152 Å². The Morgan fingerprint density at radius 1 is 1.31 bits per heavy atom. The molecule has 8 nitrogen and oxygen atoms in total. The minimum absolute atomic E-state index is 0.0860. The minimum Gasteiger partial charge on any atom is -0.466 e. The molecule has 0 radical (unpaired) electrons. The molecule has 0 bridgehead atoms. The van der Waals surface area contributed by atoms with E-state index in [2.05, 4.69) is 5.32 Å². The van der Waals surface area contributed by atoms with Crippen LogP contribution in [-0.2, 0) is 9.53 Å². The summed E-state index contributed by atoms with van der Waals surface area (Å²) in [4.78, 5) is 36.7. The first-order valence-electron chi connectivity index (χ1n) is 7.60. The lowest BCUT2D eigenvalue weighted by Gasteiger charge is -2.34. The van der Waals surface area contributed by atoms with Crippen LogP contribution in [0.25, 0.3) is 0 Å². The molecule has 0 saturated heterocycles. The second-order valence-corrected chi connectivity index (χ2v) is 6.32. The number of rotatable bonds is 4. The molecule has 1 aromatic carbocycles. The highest BCUT2D eigenvalue weighted by atomic mass is 32.1. The van der Waals surface area contributed by atoms with Crippen molar-refractivity contribution in [2.24, 2.45) is 0 Å². The van der Waals surface area contributed by atoms with Crippen molar-refractivity contribution in [3.63, 3.8) is 0 Å². The van der Waals surface area contributed by atoms with Crippen molar-refractivity contribution in [1.82, 2.24) is 5.32 Å². The molecule has 2 heterocycles. The van der Waals surface area contributed by atoms with Gasteiger partial charge in [0.25, 0.3) is 5.69 Å². The summed E-state index contributed by atoms with van der Waals surface area (Å²) in [7, 11) is 1.28. The van der Waals surface area contributed by atoms with E-state index in [4.69, 9.17) is 4.74 Å². The molecular weight excluding hydrogens is 358 g/mol. The van der Waals surface area contributed by atoms with Crippen molar-refractivity contribution in [2.75, 3.05) is 12.0 Å². The van der Waals surface area contributed by atoms with Gasteiger partial charge in [-0.05, 0) is 41.4 Å². The molecule has 1 atom stereocenters. The number of non-ortho nitro benzene ring substituents is 1. The van der Waals surface area contributed by atoms with Crippen molar-refractivity contribution in [3.8, 4) is 0 Å². The summed E-state index contributed by atoms with van der Waals surface area (Å²) in [6, 6.07) is 6.31. The summed E-state index contributed by atoms with van der Waals surface area (Å²) in [6.45, 7) is 1.64. The minimum atomic E-state index is -0.615. The summed E-state index contributed by atoms with van der Waals surface area (Å²) in [6.07, 6.45) is 0. The molecule has 2 amide bonds. The van der Waals surface area contributed by atoms with Crippen LogP contribution in [0, 0.1) is 10.1 Å². The molecule has 0 aliphatic carbocycles. The number of esters is 1. The van der Waals surface area contributed by atoms with Gasteiger partial charge in [-0.15, -0.1) is 0 Å². The zero-order valence-electron chi connectivity index (χ0n) is 14.0. The number of nitro benzene ring substituents is 1. The third-order valence-corrected chi connectivity index (χ3v) is 4.79. The highest BCUT2D eigenvalue weighted by molar-refractivity contribution is 7.08. The van der Waals surface area contributed by atoms with Crippen LogP contribution in [0.5, 0.6) is 0 Å². The molecular formula is C17H15N3O5S. The lowest BCUT2D eigenvalue weighted by molar-refractivity contribution is -0.384. The second-order valence-electron chi connectivity index (χ2n) is 5.54. The lowest BCUT2D eigenvalue weighted by atomic mass is 9.96. The number of benzene rings is 1. The Morgan fingerprint density at radius 3 is 2.54 bits per heavy atom. The normalized spacial score (nSPS) is 17.1. The van der Waals surface area contributed by atoms with E-state index in [1.54, 1.807) is 6.92 Å². The molecule has 3 rings (SSSR count). The molecule has 1 unspecified atom stereocenters. The van der Waals surface area contributed by atoms with Crippen LogP contribution in [0.15, 0.2) is 52.4 Å². The van der Waals surface area contributed by atoms with Gasteiger partial charge in [-0.1, -0.05) is 0 Å². The second kappa shape index (κ2) is 6.96. The summed E-state index contributed by atoms with van der Waals surface area (Å²) < 4.78 is 4.90. The molecule has 2 aromatic rings. The van der Waals surface area contributed by atoms with Crippen LogP contribution in [-0.4, -0.2) is 24.0 Å². The van der Waals surface area contributed by atoms with Crippen molar-refractivity contribution < 1.29 is 19.2 Å². The number of ether oxygens (including phenoxy) is 1. The van der Waals surface area contributed by atoms with Gasteiger partial charge in [0, 0.05) is 17.8 Å². The van der Waals surface area contributed by atoms with Gasteiger partial charge in [0.2, 0.25) is 0 Å². The number of carbonyl (C=O) groups excluding carboxylic acids is 2. The smallest absolute Gasteiger partial charge is 0.337 e. The summed E-state index contributed by atoms with van der Waals surface area (Å²) in [5.41, 5.74) is 1.83. The van der Waals surface area contributed by atoms with Crippen LogP contribution >= 0.6 is 11.3 Å². The number of anilines is 1. The summed E-state index contributed by atoms with van der Waals surface area (Å²) in [5, 5.41) is 17.3. The quantitative estimate of drug-likeness (QED) is 0.503. The van der Waals surface area contributed by atoms with Crippen LogP contribution in [0.1, 0.15) is 18.5 Å². The van der Waals surface area contributed by atoms with Crippen LogP contribution in [0.4, 0.5) is 16.2 Å². The number of allylic oxidation sites excluding steroid dienone is 1. The highest BCUT2D eigenvalue weighted by Crippen LogP contribution is 2.35. The Bertz CT molecular complexity index is 890. The van der Waals surface area contributed by atoms with Crippen molar-refractivity contribution in [3.05, 3.63) is 68.0 Å². The lowest BCUT2D eigenvalue weighted by Crippen LogP contribution is -2.48. The zero-order valence-corrected chi connectivity index (χ0v) is 14.8. The van der Waals surface area contributed by atoms with Crippen molar-refractivity contribution in [2.45, 2.75) is 13.0 Å². The number of carbonyl (C=O) groups is 2. The number of thiophene rings is 1. The Kier molecular flexibility index (Phi) is 4.72. The molecule has 26 heavy (non-hydrogen) atoms. The zero-order chi connectivity index (χ0) is 18.8. The maximum absolute atomic E-state index is 12.7. The third-order valence-electron chi connectivity index (χ3n) is 4.09. The largest absolute Gasteiger partial charge is 0.466 e. The number of nitrogens with one attached hydrogen (secondary N) is 1. The topological polar surface area (TPSA) is 102 Å². The number of hydrogen-bond donors (Lipinski definition) is 1. The van der Waals surface area contributed by atoms with E-state index in [9.17, 15) is 19.7 Å². The first-order valence-corrected chi connectivity index (χ1v) is 8.54. The molecule has 0 saturated carbocycles. The van der Waals surface area contributed by atoms with E-state index in [0.29, 0.717) is 17.0 Å². The first-order chi connectivity index (χ1) is 12.4. The van der Waals surface area contributed by atoms with Crippen LogP contribution < -0.4 is 10.2 Å². The predicted octanol–water partition coefficient (Wildman–Crippen LogP) is 3.37. The van der Waals surface area contributed by atoms with Crippen molar-refractivity contribution >= 4 is 34.7 Å². The molecule has 9 heteroatoms. The van der Waals surface area contributed by atoms with E-state index >= 15 is 0 Å². The first kappa shape index (κ1) is 17.6. The van der Waals surface area contributed by atoms with Gasteiger partial charge < -0.3 is 10.1 Å². The fourth-order valence-corrected chi connectivity index (χ4v) is 3.53. The maximum atomic E-state index is 12.7. The monoisotopic (exact) mass is 373 g/mol. The molecule has 134 valence electrons. The maximum Gasteiger partial charge on any atom is 0.337 e. The average Bonchev–Trinajstić information content (AvgIpc) is 3.15. The summed E-state index contributed by atoms with van der Waals surface area (Å²) >= 11 is 1.46. The SMILES string of the molecule is COC(=O)C1=C(C)N(c2ccc([N+](=O)[O-])cc2)C(=O)NC1c1ccsc1. The summed E-state index contributed by atoms with van der Waals surface area (Å²) in [5.74, 6) is -0.550. The van der Waals surface area contributed by atoms with E-state index in [1.165, 1.54) is 47.6 Å². The number of nitrogens with zero attached hydrogens (tertiary/aromatic N) is 2. The Hall–Kier alpha value is -3.20. The van der Waals surface area contributed by atoms with Gasteiger partial charge in [0.05, 0.1) is 29.3 Å². The van der Waals surface area contributed by atoms with E-state index in [0.717, 1.165) is 5.56 Å². The van der Waals surface area contributed by atoms with Gasteiger partial charge in [-0.2, -0.15) is 11.3 Å². The Balaban J connectivity index is 2.08. The standard InChI is InChI=1S/C17H15N3O5S/c1-10-14(16(21)25-2)15(11-7-8-26-9-11)18-17(22)19(10)12-3-5-13(6-4-12)20(23)24/h3-9,15H,1-2H3,(H,18,22). The van der Waals surface area contributed by atoms with E-state index in [1.807, 2.05) is 16.8 Å². The van der Waals surface area contributed by atoms with Crippen LogP contribution in [0.2, 0.25) is 0 Å².